The lowest BCUT2D eigenvalue weighted by molar-refractivity contribution is 0.284. The predicted molar refractivity (Wildman–Crippen MR) is 113 cm³/mol. The Hall–Kier alpha value is -4.04. The molecule has 4 rings (SSSR count). The molecule has 0 saturated heterocycles. The van der Waals surface area contributed by atoms with Crippen molar-refractivity contribution < 1.29 is 9.47 Å². The maximum Gasteiger partial charge on any atom is 0.161 e. The minimum absolute atomic E-state index is 0.446. The van der Waals surface area contributed by atoms with Crippen LogP contribution in [0, 0.1) is 11.3 Å². The first kappa shape index (κ1) is 18.3. The Bertz CT molecular complexity index is 1170. The number of hydrogen-bond donors (Lipinski definition) is 1. The number of aromatic amines is 1. The second-order valence-corrected chi connectivity index (χ2v) is 6.46. The second-order valence-electron chi connectivity index (χ2n) is 6.46. The molecular weight excluding hydrogens is 362 g/mol. The highest BCUT2D eigenvalue weighted by atomic mass is 16.5. The zero-order valence-corrected chi connectivity index (χ0v) is 15.9. The van der Waals surface area contributed by atoms with Gasteiger partial charge in [0.15, 0.2) is 11.5 Å². The molecule has 5 nitrogen and oxygen atoms in total. The van der Waals surface area contributed by atoms with E-state index in [2.05, 4.69) is 16.0 Å². The summed E-state index contributed by atoms with van der Waals surface area (Å²) in [5.41, 5.74) is 4.07. The second kappa shape index (κ2) is 8.32. The first-order chi connectivity index (χ1) is 14.3. The molecule has 5 heteroatoms. The zero-order valence-electron chi connectivity index (χ0n) is 15.9. The molecule has 0 fully saturated rings. The molecule has 4 aromatic rings. The van der Waals surface area contributed by atoms with Crippen molar-refractivity contribution in [2.45, 2.75) is 6.61 Å². The lowest BCUT2D eigenvalue weighted by atomic mass is 10.1. The number of nitrogens with one attached hydrogen (secondary N) is 1. The van der Waals surface area contributed by atoms with Crippen LogP contribution in [0.15, 0.2) is 72.8 Å². The number of allylic oxidation sites excluding steroid dienone is 1. The Morgan fingerprint density at radius 2 is 1.83 bits per heavy atom. The van der Waals surface area contributed by atoms with Crippen LogP contribution in [0.4, 0.5) is 0 Å². The van der Waals surface area contributed by atoms with E-state index in [1.165, 1.54) is 0 Å². The number of para-hydroxylation sites is 2. The zero-order chi connectivity index (χ0) is 20.1. The van der Waals surface area contributed by atoms with Crippen LogP contribution in [0.5, 0.6) is 11.5 Å². The average Bonchev–Trinajstić information content (AvgIpc) is 3.21. The normalized spacial score (nSPS) is 11.2. The van der Waals surface area contributed by atoms with Gasteiger partial charge in [0.1, 0.15) is 18.5 Å². The summed E-state index contributed by atoms with van der Waals surface area (Å²) in [6, 6.07) is 25.4. The Morgan fingerprint density at radius 3 is 2.59 bits per heavy atom. The van der Waals surface area contributed by atoms with Gasteiger partial charge in [0.25, 0.3) is 0 Å². The Kier molecular flexibility index (Phi) is 5.26. The Labute approximate surface area is 168 Å². The molecule has 0 aliphatic carbocycles. The summed E-state index contributed by atoms with van der Waals surface area (Å²) in [6.45, 7) is 0.453. The lowest BCUT2D eigenvalue weighted by Gasteiger charge is -2.11. The van der Waals surface area contributed by atoms with Gasteiger partial charge in [0.05, 0.1) is 23.7 Å². The summed E-state index contributed by atoms with van der Waals surface area (Å²) in [7, 11) is 1.60. The third-order valence-electron chi connectivity index (χ3n) is 4.50. The van der Waals surface area contributed by atoms with Crippen molar-refractivity contribution in [3.8, 4) is 17.6 Å². The van der Waals surface area contributed by atoms with Crippen LogP contribution in [0.25, 0.3) is 22.7 Å². The molecule has 29 heavy (non-hydrogen) atoms. The third-order valence-corrected chi connectivity index (χ3v) is 4.50. The SMILES string of the molecule is COc1cc(/C=C(/C#N)c2nc3ccccc3[nH]2)ccc1OCc1ccccc1. The van der Waals surface area contributed by atoms with Crippen LogP contribution in [0.2, 0.25) is 0 Å². The van der Waals surface area contributed by atoms with E-state index in [-0.39, 0.29) is 0 Å². The third kappa shape index (κ3) is 4.12. The average molecular weight is 381 g/mol. The van der Waals surface area contributed by atoms with Crippen molar-refractivity contribution >= 4 is 22.7 Å². The van der Waals surface area contributed by atoms with Crippen LogP contribution >= 0.6 is 0 Å². The molecule has 0 radical (unpaired) electrons. The number of rotatable bonds is 6. The minimum Gasteiger partial charge on any atom is -0.493 e. The summed E-state index contributed by atoms with van der Waals surface area (Å²) in [4.78, 5) is 7.69. The van der Waals surface area contributed by atoms with Crippen molar-refractivity contribution in [2.24, 2.45) is 0 Å². The van der Waals surface area contributed by atoms with Crippen LogP contribution in [-0.2, 0) is 6.61 Å². The molecule has 1 aromatic heterocycles. The molecular formula is C24H19N3O2. The molecule has 1 heterocycles. The van der Waals surface area contributed by atoms with Crippen LogP contribution < -0.4 is 9.47 Å². The monoisotopic (exact) mass is 381 g/mol. The van der Waals surface area contributed by atoms with Crippen molar-refractivity contribution in [3.05, 3.63) is 89.7 Å². The fourth-order valence-corrected chi connectivity index (χ4v) is 3.03. The summed E-state index contributed by atoms with van der Waals surface area (Å²) in [6.07, 6.45) is 1.78. The van der Waals surface area contributed by atoms with E-state index in [1.807, 2.05) is 72.8 Å². The standard InChI is InChI=1S/C24H19N3O2/c1-28-23-14-18(11-12-22(23)29-16-17-7-3-2-4-8-17)13-19(15-25)24-26-20-9-5-6-10-21(20)27-24/h2-14H,16H2,1H3,(H,26,27)/b19-13-. The number of H-pyrrole nitrogens is 1. The van der Waals surface area contributed by atoms with Gasteiger partial charge in [0.2, 0.25) is 0 Å². The maximum atomic E-state index is 9.62. The fourth-order valence-electron chi connectivity index (χ4n) is 3.03. The van der Waals surface area contributed by atoms with E-state index in [0.717, 1.165) is 22.2 Å². The van der Waals surface area contributed by atoms with E-state index < -0.39 is 0 Å². The number of hydrogen-bond acceptors (Lipinski definition) is 4. The number of nitriles is 1. The number of ether oxygens (including phenoxy) is 2. The van der Waals surface area contributed by atoms with Crippen molar-refractivity contribution in [2.75, 3.05) is 7.11 Å². The van der Waals surface area contributed by atoms with Gasteiger partial charge in [-0.1, -0.05) is 48.5 Å². The van der Waals surface area contributed by atoms with Crippen LogP contribution in [0.3, 0.4) is 0 Å². The summed E-state index contributed by atoms with van der Waals surface area (Å²) >= 11 is 0. The predicted octanol–water partition coefficient (Wildman–Crippen LogP) is 5.21. The smallest absolute Gasteiger partial charge is 0.161 e. The van der Waals surface area contributed by atoms with Gasteiger partial charge in [-0.15, -0.1) is 0 Å². The highest BCUT2D eigenvalue weighted by Crippen LogP contribution is 2.30. The summed E-state index contributed by atoms with van der Waals surface area (Å²) in [5.74, 6) is 1.80. The summed E-state index contributed by atoms with van der Waals surface area (Å²) in [5, 5.41) is 9.62. The van der Waals surface area contributed by atoms with Gasteiger partial charge >= 0.3 is 0 Å². The molecule has 0 bridgehead atoms. The Balaban J connectivity index is 1.59. The molecule has 0 aliphatic rings. The molecule has 0 saturated carbocycles. The number of methoxy groups -OCH3 is 1. The summed E-state index contributed by atoms with van der Waals surface area (Å²) < 4.78 is 11.4. The van der Waals surface area contributed by atoms with Crippen molar-refractivity contribution in [3.63, 3.8) is 0 Å². The van der Waals surface area contributed by atoms with Gasteiger partial charge < -0.3 is 14.5 Å². The first-order valence-corrected chi connectivity index (χ1v) is 9.18. The van der Waals surface area contributed by atoms with Gasteiger partial charge in [-0.25, -0.2) is 4.98 Å². The molecule has 0 unspecified atom stereocenters. The van der Waals surface area contributed by atoms with Crippen molar-refractivity contribution in [1.82, 2.24) is 9.97 Å². The minimum atomic E-state index is 0.446. The molecule has 1 N–H and O–H groups in total. The number of aromatic nitrogens is 2. The van der Waals surface area contributed by atoms with Crippen LogP contribution in [0.1, 0.15) is 17.0 Å². The Morgan fingerprint density at radius 1 is 1.03 bits per heavy atom. The largest absolute Gasteiger partial charge is 0.493 e. The molecule has 3 aromatic carbocycles. The van der Waals surface area contributed by atoms with Gasteiger partial charge in [-0.3, -0.25) is 0 Å². The number of nitrogens with zero attached hydrogens (tertiary/aromatic N) is 2. The lowest BCUT2D eigenvalue weighted by Crippen LogP contribution is -1.97. The van der Waals surface area contributed by atoms with E-state index in [1.54, 1.807) is 13.2 Å². The van der Waals surface area contributed by atoms with E-state index in [9.17, 15) is 5.26 Å². The molecule has 0 atom stereocenters. The van der Waals surface area contributed by atoms with E-state index >= 15 is 0 Å². The molecule has 142 valence electrons. The number of imidazole rings is 1. The van der Waals surface area contributed by atoms with Crippen molar-refractivity contribution in [1.29, 1.82) is 5.26 Å². The molecule has 0 amide bonds. The number of fused-ring (bicyclic) bond motifs is 1. The highest BCUT2D eigenvalue weighted by molar-refractivity contribution is 5.90. The van der Waals surface area contributed by atoms with E-state index in [4.69, 9.17) is 9.47 Å². The quantitative estimate of drug-likeness (QED) is 0.465. The maximum absolute atomic E-state index is 9.62. The van der Waals surface area contributed by atoms with Gasteiger partial charge in [-0.05, 0) is 41.5 Å². The number of benzene rings is 3. The topological polar surface area (TPSA) is 70.9 Å². The highest BCUT2D eigenvalue weighted by Gasteiger charge is 2.10. The molecule has 0 spiro atoms. The van der Waals surface area contributed by atoms with Gasteiger partial charge in [-0.2, -0.15) is 5.26 Å². The van der Waals surface area contributed by atoms with Crippen LogP contribution in [-0.4, -0.2) is 17.1 Å². The van der Waals surface area contributed by atoms with Gasteiger partial charge in [0, 0.05) is 0 Å². The first-order valence-electron chi connectivity index (χ1n) is 9.18. The van der Waals surface area contributed by atoms with E-state index in [0.29, 0.717) is 29.5 Å². The molecule has 0 aliphatic heterocycles. The fraction of sp³-hybridized carbons (Fsp3) is 0.0833.